The van der Waals surface area contributed by atoms with Crippen molar-refractivity contribution in [2.45, 2.75) is 38.9 Å². The Morgan fingerprint density at radius 1 is 1.13 bits per heavy atom. The van der Waals surface area contributed by atoms with E-state index in [1.54, 1.807) is 4.90 Å². The van der Waals surface area contributed by atoms with Crippen LogP contribution in [0.15, 0.2) is 54.6 Å². The number of nitrogens with zero attached hydrogens (tertiary/aromatic N) is 1. The molecule has 3 aromatic carbocycles. The molecule has 3 aromatic rings. The predicted molar refractivity (Wildman–Crippen MR) is 126 cm³/mol. The van der Waals surface area contributed by atoms with Crippen molar-refractivity contribution in [1.82, 2.24) is 0 Å². The van der Waals surface area contributed by atoms with E-state index in [1.165, 1.54) is 0 Å². The molecule has 1 heterocycles. The van der Waals surface area contributed by atoms with E-state index in [1.807, 2.05) is 75.4 Å². The number of alkyl halides is 1. The van der Waals surface area contributed by atoms with Crippen LogP contribution in [0.1, 0.15) is 37.8 Å². The number of nitrogen functional groups attached to an aromatic ring is 1. The van der Waals surface area contributed by atoms with Gasteiger partial charge in [-0.3, -0.25) is 4.90 Å². The van der Waals surface area contributed by atoms with Gasteiger partial charge in [0.05, 0.1) is 5.69 Å². The first kappa shape index (κ1) is 21.3. The van der Waals surface area contributed by atoms with E-state index in [4.69, 9.17) is 26.8 Å². The van der Waals surface area contributed by atoms with Crippen LogP contribution in [0.25, 0.3) is 10.8 Å². The van der Waals surface area contributed by atoms with Gasteiger partial charge in [0.2, 0.25) is 0 Å². The Bertz CT molecular complexity index is 1110. The van der Waals surface area contributed by atoms with Gasteiger partial charge in [-0.25, -0.2) is 4.79 Å². The summed E-state index contributed by atoms with van der Waals surface area (Å²) < 4.78 is 11.9. The Balaban J connectivity index is 1.80. The number of halogens is 1. The number of anilines is 2. The highest BCUT2D eigenvalue weighted by molar-refractivity contribution is 6.19. The number of rotatable bonds is 4. The number of ether oxygens (including phenoxy) is 2. The summed E-state index contributed by atoms with van der Waals surface area (Å²) in [4.78, 5) is 14.6. The molecule has 0 aliphatic carbocycles. The predicted octanol–water partition coefficient (Wildman–Crippen LogP) is 6.08. The van der Waals surface area contributed by atoms with E-state index in [-0.39, 0.29) is 12.0 Å². The third kappa shape index (κ3) is 4.42. The summed E-state index contributed by atoms with van der Waals surface area (Å²) in [5.41, 5.74) is 9.02. The number of fused-ring (bicyclic) bond motifs is 3. The van der Waals surface area contributed by atoms with E-state index in [2.05, 4.69) is 0 Å². The molecule has 1 amide bonds. The lowest BCUT2D eigenvalue weighted by Crippen LogP contribution is -2.36. The Morgan fingerprint density at radius 3 is 2.55 bits per heavy atom. The first-order valence-electron chi connectivity index (χ1n) is 10.4. The minimum atomic E-state index is -0.589. The number of benzene rings is 3. The maximum Gasteiger partial charge on any atom is 0.414 e. The molecule has 1 atom stereocenters. The molecule has 1 unspecified atom stereocenters. The fourth-order valence-corrected chi connectivity index (χ4v) is 4.20. The van der Waals surface area contributed by atoms with Crippen molar-refractivity contribution >= 4 is 39.8 Å². The summed E-state index contributed by atoms with van der Waals surface area (Å²) in [6, 6.07) is 17.6. The summed E-state index contributed by atoms with van der Waals surface area (Å²) in [5, 5.41) is 1.90. The molecule has 1 aliphatic heterocycles. The number of nitrogens with two attached hydrogens (primary N) is 1. The first-order valence-corrected chi connectivity index (χ1v) is 10.9. The van der Waals surface area contributed by atoms with Crippen LogP contribution in [0.3, 0.4) is 0 Å². The number of hydrogen-bond acceptors (Lipinski definition) is 4. The molecule has 0 saturated carbocycles. The lowest BCUT2D eigenvalue weighted by Gasteiger charge is -2.25. The quantitative estimate of drug-likeness (QED) is 0.396. The van der Waals surface area contributed by atoms with Crippen molar-refractivity contribution in [3.05, 3.63) is 65.7 Å². The largest absolute Gasteiger partial charge is 0.488 e. The van der Waals surface area contributed by atoms with Crippen molar-refractivity contribution in [2.24, 2.45) is 0 Å². The minimum Gasteiger partial charge on any atom is -0.488 e. The van der Waals surface area contributed by atoms with Crippen LogP contribution in [-0.2, 0) is 11.3 Å². The summed E-state index contributed by atoms with van der Waals surface area (Å²) >= 11 is 6.32. The molecule has 5 nitrogen and oxygen atoms in total. The molecule has 0 bridgehead atoms. The van der Waals surface area contributed by atoms with Crippen LogP contribution >= 0.6 is 11.6 Å². The van der Waals surface area contributed by atoms with Crippen LogP contribution in [0, 0.1) is 0 Å². The second kappa shape index (κ2) is 8.31. The Morgan fingerprint density at radius 2 is 1.87 bits per heavy atom. The number of carbonyl (C=O) groups is 1. The van der Waals surface area contributed by atoms with Crippen molar-refractivity contribution in [1.29, 1.82) is 0 Å². The van der Waals surface area contributed by atoms with Crippen LogP contribution in [-0.4, -0.2) is 24.1 Å². The van der Waals surface area contributed by atoms with Gasteiger partial charge in [0, 0.05) is 35.5 Å². The van der Waals surface area contributed by atoms with Crippen molar-refractivity contribution in [2.75, 3.05) is 23.1 Å². The van der Waals surface area contributed by atoms with Gasteiger partial charge in [-0.1, -0.05) is 36.4 Å². The Kier molecular flexibility index (Phi) is 5.71. The maximum atomic E-state index is 13.0. The molecule has 2 N–H and O–H groups in total. The van der Waals surface area contributed by atoms with Crippen LogP contribution < -0.4 is 15.4 Å². The van der Waals surface area contributed by atoms with E-state index in [0.717, 1.165) is 27.6 Å². The standard InChI is InChI=1S/C25H27ClN2O3/c1-25(2,3)31-24(29)28-14-17(13-26)23-19-10-9-18(27)11-20(19)22(12-21(23)28)30-15-16-7-5-4-6-8-16/h4-12,17H,13-15,27H2,1-3H3. The van der Waals surface area contributed by atoms with Crippen molar-refractivity contribution in [3.63, 3.8) is 0 Å². The molecule has 31 heavy (non-hydrogen) atoms. The summed E-state index contributed by atoms with van der Waals surface area (Å²) in [6.45, 7) is 6.46. The van der Waals surface area contributed by atoms with E-state index >= 15 is 0 Å². The zero-order chi connectivity index (χ0) is 22.2. The fourth-order valence-electron chi connectivity index (χ4n) is 3.95. The molecule has 0 fully saturated rings. The lowest BCUT2D eigenvalue weighted by atomic mass is 9.95. The smallest absolute Gasteiger partial charge is 0.414 e. The Labute approximate surface area is 187 Å². The zero-order valence-corrected chi connectivity index (χ0v) is 18.8. The van der Waals surface area contributed by atoms with Gasteiger partial charge in [0.15, 0.2) is 0 Å². The highest BCUT2D eigenvalue weighted by Crippen LogP contribution is 2.46. The average Bonchev–Trinajstić information content (AvgIpc) is 3.10. The monoisotopic (exact) mass is 438 g/mol. The number of carbonyl (C=O) groups excluding carboxylic acids is 1. The van der Waals surface area contributed by atoms with Gasteiger partial charge in [-0.05, 0) is 49.4 Å². The highest BCUT2D eigenvalue weighted by Gasteiger charge is 2.36. The molecule has 0 aromatic heterocycles. The van der Waals surface area contributed by atoms with Gasteiger partial charge >= 0.3 is 6.09 Å². The lowest BCUT2D eigenvalue weighted by molar-refractivity contribution is 0.0582. The Hall–Kier alpha value is -2.92. The minimum absolute atomic E-state index is 0.00140. The number of amides is 1. The van der Waals surface area contributed by atoms with Gasteiger partial charge in [-0.15, -0.1) is 11.6 Å². The second-order valence-corrected chi connectivity index (χ2v) is 9.14. The molecular formula is C25H27ClN2O3. The fraction of sp³-hybridized carbons (Fsp3) is 0.320. The van der Waals surface area contributed by atoms with Crippen molar-refractivity contribution < 1.29 is 14.3 Å². The van der Waals surface area contributed by atoms with E-state index in [9.17, 15) is 4.79 Å². The average molecular weight is 439 g/mol. The molecular weight excluding hydrogens is 412 g/mol. The molecule has 0 spiro atoms. The first-order chi connectivity index (χ1) is 14.8. The van der Waals surface area contributed by atoms with Crippen LogP contribution in [0.5, 0.6) is 5.75 Å². The third-order valence-electron chi connectivity index (χ3n) is 5.28. The highest BCUT2D eigenvalue weighted by atomic mass is 35.5. The molecule has 0 saturated heterocycles. The summed E-state index contributed by atoms with van der Waals surface area (Å²) in [5.74, 6) is 1.07. The van der Waals surface area contributed by atoms with Gasteiger partial charge in [0.1, 0.15) is 18.0 Å². The van der Waals surface area contributed by atoms with Gasteiger partial charge < -0.3 is 15.2 Å². The van der Waals surface area contributed by atoms with E-state index in [0.29, 0.717) is 30.5 Å². The second-order valence-electron chi connectivity index (χ2n) is 8.83. The van der Waals surface area contributed by atoms with Gasteiger partial charge in [0.25, 0.3) is 0 Å². The molecule has 4 rings (SSSR count). The molecule has 1 aliphatic rings. The topological polar surface area (TPSA) is 64.8 Å². The van der Waals surface area contributed by atoms with Crippen LogP contribution in [0.2, 0.25) is 0 Å². The molecule has 6 heteroatoms. The summed E-state index contributed by atoms with van der Waals surface area (Å²) in [7, 11) is 0. The molecule has 0 radical (unpaired) electrons. The third-order valence-corrected chi connectivity index (χ3v) is 5.65. The van der Waals surface area contributed by atoms with Crippen molar-refractivity contribution in [3.8, 4) is 5.75 Å². The normalized spacial score (nSPS) is 15.7. The SMILES string of the molecule is CC(C)(C)OC(=O)N1CC(CCl)c2c1cc(OCc1ccccc1)c1cc(N)ccc21. The van der Waals surface area contributed by atoms with Crippen LogP contribution in [0.4, 0.5) is 16.2 Å². The zero-order valence-electron chi connectivity index (χ0n) is 18.0. The maximum absolute atomic E-state index is 13.0. The van der Waals surface area contributed by atoms with Gasteiger partial charge in [-0.2, -0.15) is 0 Å². The molecule has 162 valence electrons. The van der Waals surface area contributed by atoms with E-state index < -0.39 is 5.60 Å². The number of hydrogen-bond donors (Lipinski definition) is 1. The summed E-state index contributed by atoms with van der Waals surface area (Å²) in [6.07, 6.45) is -0.384.